The van der Waals surface area contributed by atoms with Crippen molar-refractivity contribution in [1.29, 1.82) is 0 Å². The maximum atomic E-state index is 13.0. The predicted molar refractivity (Wildman–Crippen MR) is 107 cm³/mol. The van der Waals surface area contributed by atoms with E-state index < -0.39 is 11.9 Å². The first-order valence-corrected chi connectivity index (χ1v) is 8.82. The number of nitrogens with zero attached hydrogens (tertiary/aromatic N) is 2. The zero-order valence-electron chi connectivity index (χ0n) is 16.2. The summed E-state index contributed by atoms with van der Waals surface area (Å²) in [7, 11) is 2.80. The van der Waals surface area contributed by atoms with Gasteiger partial charge in [-0.25, -0.2) is 4.79 Å². The van der Waals surface area contributed by atoms with Crippen LogP contribution in [0.1, 0.15) is 12.5 Å². The lowest BCUT2D eigenvalue weighted by Gasteiger charge is -2.11. The van der Waals surface area contributed by atoms with Crippen molar-refractivity contribution >= 4 is 29.4 Å². The number of carbonyl (C=O) groups is 2. The normalized spacial score (nSPS) is 14.7. The molecule has 0 fully saturated rings. The van der Waals surface area contributed by atoms with Crippen molar-refractivity contribution in [3.63, 3.8) is 0 Å². The lowest BCUT2D eigenvalue weighted by Crippen LogP contribution is -2.22. The third kappa shape index (κ3) is 3.91. The smallest absolute Gasteiger partial charge is 0.359 e. The Morgan fingerprint density at radius 3 is 2.31 bits per heavy atom. The number of phenolic OH excluding ortho intramolecular Hbond substituents is 1. The molecule has 3 rings (SSSR count). The molecule has 2 aromatic rings. The Bertz CT molecular complexity index is 972. The summed E-state index contributed by atoms with van der Waals surface area (Å²) in [6.45, 7) is 1.81. The summed E-state index contributed by atoms with van der Waals surface area (Å²) in [6, 6.07) is 11.8. The van der Waals surface area contributed by atoms with E-state index in [9.17, 15) is 14.7 Å². The quantitative estimate of drug-likeness (QED) is 0.596. The molecule has 1 aliphatic rings. The molecule has 0 aromatic heterocycles. The van der Waals surface area contributed by atoms with Crippen molar-refractivity contribution in [2.24, 2.45) is 5.10 Å². The third-order valence-corrected chi connectivity index (χ3v) is 4.16. The van der Waals surface area contributed by atoms with Crippen LogP contribution in [-0.2, 0) is 14.3 Å². The summed E-state index contributed by atoms with van der Waals surface area (Å²) in [5, 5.41) is 15.4. The van der Waals surface area contributed by atoms with Gasteiger partial charge in [0.2, 0.25) is 5.75 Å². The zero-order chi connectivity index (χ0) is 21.0. The molecule has 0 aliphatic carbocycles. The van der Waals surface area contributed by atoms with Gasteiger partial charge in [-0.2, -0.15) is 10.1 Å². The highest BCUT2D eigenvalue weighted by atomic mass is 16.5. The Kier molecular flexibility index (Phi) is 5.82. The van der Waals surface area contributed by atoms with E-state index in [-0.39, 0.29) is 35.1 Å². The summed E-state index contributed by atoms with van der Waals surface area (Å²) < 4.78 is 15.3. The number of anilines is 1. The molecule has 1 amide bonds. The zero-order valence-corrected chi connectivity index (χ0v) is 16.2. The highest BCUT2D eigenvalue weighted by Crippen LogP contribution is 2.38. The third-order valence-electron chi connectivity index (χ3n) is 4.16. The molecule has 150 valence electrons. The second kappa shape index (κ2) is 8.47. The number of methoxy groups -OCH3 is 2. The number of hydrazone groups is 1. The van der Waals surface area contributed by atoms with Crippen LogP contribution in [-0.4, -0.2) is 43.5 Å². The molecule has 0 radical (unpaired) electrons. The van der Waals surface area contributed by atoms with E-state index >= 15 is 0 Å². The van der Waals surface area contributed by atoms with Crippen LogP contribution >= 0.6 is 0 Å². The van der Waals surface area contributed by atoms with Gasteiger partial charge in [0.15, 0.2) is 17.2 Å². The van der Waals surface area contributed by atoms with Crippen LogP contribution in [0.15, 0.2) is 53.1 Å². The lowest BCUT2D eigenvalue weighted by molar-refractivity contribution is -0.135. The largest absolute Gasteiger partial charge is 0.502 e. The summed E-state index contributed by atoms with van der Waals surface area (Å²) in [4.78, 5) is 25.4. The van der Waals surface area contributed by atoms with Crippen LogP contribution in [0.4, 0.5) is 5.69 Å². The van der Waals surface area contributed by atoms with Crippen LogP contribution < -0.4 is 14.5 Å². The molecule has 0 bridgehead atoms. The number of hydrogen-bond acceptors (Lipinski definition) is 7. The Balaban J connectivity index is 2.10. The van der Waals surface area contributed by atoms with Gasteiger partial charge in [-0.05, 0) is 42.8 Å². The summed E-state index contributed by atoms with van der Waals surface area (Å²) in [5.41, 5.74) is 0.948. The van der Waals surface area contributed by atoms with Gasteiger partial charge in [0.05, 0.1) is 32.1 Å². The van der Waals surface area contributed by atoms with Gasteiger partial charge >= 0.3 is 5.97 Å². The second-order valence-corrected chi connectivity index (χ2v) is 5.95. The molecular formula is C21H20N2O6. The maximum absolute atomic E-state index is 13.0. The van der Waals surface area contributed by atoms with Crippen LogP contribution in [0.3, 0.4) is 0 Å². The van der Waals surface area contributed by atoms with E-state index in [1.165, 1.54) is 32.4 Å². The molecule has 0 saturated heterocycles. The van der Waals surface area contributed by atoms with Crippen LogP contribution in [0.25, 0.3) is 6.08 Å². The first-order valence-electron chi connectivity index (χ1n) is 8.82. The number of phenols is 1. The van der Waals surface area contributed by atoms with Gasteiger partial charge in [-0.3, -0.25) is 4.79 Å². The molecular weight excluding hydrogens is 376 g/mol. The maximum Gasteiger partial charge on any atom is 0.359 e. The first-order chi connectivity index (χ1) is 14.0. The fourth-order valence-corrected chi connectivity index (χ4v) is 2.80. The van der Waals surface area contributed by atoms with Crippen molar-refractivity contribution in [2.45, 2.75) is 6.92 Å². The fourth-order valence-electron chi connectivity index (χ4n) is 2.80. The minimum Gasteiger partial charge on any atom is -0.502 e. The number of carbonyl (C=O) groups excluding carboxylic acids is 2. The fraction of sp³-hybridized carbons (Fsp3) is 0.190. The summed E-state index contributed by atoms with van der Waals surface area (Å²) >= 11 is 0. The van der Waals surface area contributed by atoms with Gasteiger partial charge in [-0.15, -0.1) is 0 Å². The molecule has 1 heterocycles. The molecule has 1 aliphatic heterocycles. The van der Waals surface area contributed by atoms with Crippen molar-refractivity contribution in [2.75, 3.05) is 25.8 Å². The molecule has 8 heteroatoms. The van der Waals surface area contributed by atoms with Crippen molar-refractivity contribution in [3.05, 3.63) is 53.6 Å². The van der Waals surface area contributed by atoms with E-state index in [0.717, 1.165) is 5.01 Å². The highest BCUT2D eigenvalue weighted by molar-refractivity contribution is 6.54. The van der Waals surface area contributed by atoms with Gasteiger partial charge in [0, 0.05) is 0 Å². The minimum atomic E-state index is -0.705. The number of aromatic hydroxyl groups is 1. The number of esters is 1. The Labute approximate surface area is 167 Å². The Morgan fingerprint density at radius 1 is 1.14 bits per heavy atom. The van der Waals surface area contributed by atoms with Crippen molar-refractivity contribution in [1.82, 2.24) is 0 Å². The SMILES string of the molecule is CCOC(=O)C1=NN(c2ccccc2)C(=O)/C1=C\c1cc(OC)c(O)c(OC)c1. The van der Waals surface area contributed by atoms with Gasteiger partial charge in [0.1, 0.15) is 0 Å². The van der Waals surface area contributed by atoms with Crippen LogP contribution in [0, 0.1) is 0 Å². The monoisotopic (exact) mass is 396 g/mol. The van der Waals surface area contributed by atoms with Crippen LogP contribution in [0.5, 0.6) is 17.2 Å². The number of rotatable bonds is 6. The van der Waals surface area contributed by atoms with E-state index in [0.29, 0.717) is 11.3 Å². The van der Waals surface area contributed by atoms with Crippen molar-refractivity contribution < 1.29 is 28.9 Å². The first kappa shape index (κ1) is 19.9. The molecule has 0 saturated carbocycles. The number of para-hydroxylation sites is 1. The van der Waals surface area contributed by atoms with E-state index in [1.807, 2.05) is 6.07 Å². The standard InChI is InChI=1S/C21H20N2O6/c1-4-29-21(26)18-15(20(25)23(22-18)14-8-6-5-7-9-14)10-13-11-16(27-2)19(24)17(12-13)28-3/h5-12,24H,4H2,1-3H3/b15-10-. The average Bonchev–Trinajstić information content (AvgIpc) is 3.06. The molecule has 1 N–H and O–H groups in total. The number of ether oxygens (including phenoxy) is 3. The van der Waals surface area contributed by atoms with Crippen LogP contribution in [0.2, 0.25) is 0 Å². The van der Waals surface area contributed by atoms with E-state index in [4.69, 9.17) is 14.2 Å². The molecule has 0 unspecified atom stereocenters. The highest BCUT2D eigenvalue weighted by Gasteiger charge is 2.36. The number of hydrogen-bond donors (Lipinski definition) is 1. The summed E-state index contributed by atoms with van der Waals surface area (Å²) in [5.74, 6) is -1.03. The molecule has 0 atom stereocenters. The van der Waals surface area contributed by atoms with Crippen molar-refractivity contribution in [3.8, 4) is 17.2 Å². The number of benzene rings is 2. The van der Waals surface area contributed by atoms with Gasteiger partial charge in [0.25, 0.3) is 5.91 Å². The van der Waals surface area contributed by atoms with Gasteiger partial charge < -0.3 is 19.3 Å². The molecule has 29 heavy (non-hydrogen) atoms. The van der Waals surface area contributed by atoms with E-state index in [2.05, 4.69) is 5.10 Å². The second-order valence-electron chi connectivity index (χ2n) is 5.95. The Hall–Kier alpha value is -3.81. The molecule has 2 aromatic carbocycles. The molecule has 8 nitrogen and oxygen atoms in total. The summed E-state index contributed by atoms with van der Waals surface area (Å²) in [6.07, 6.45) is 1.48. The Morgan fingerprint density at radius 2 is 1.76 bits per heavy atom. The lowest BCUT2D eigenvalue weighted by atomic mass is 10.1. The van der Waals surface area contributed by atoms with E-state index in [1.54, 1.807) is 31.2 Å². The predicted octanol–water partition coefficient (Wildman–Crippen LogP) is 2.76. The average molecular weight is 396 g/mol. The minimum absolute atomic E-state index is 0.0575. The topological polar surface area (TPSA) is 97.7 Å². The molecule has 0 spiro atoms. The van der Waals surface area contributed by atoms with Gasteiger partial charge in [-0.1, -0.05) is 18.2 Å². The number of amides is 1.